The molecule has 1 aliphatic rings. The first-order valence-electron chi connectivity index (χ1n) is 7.33. The molecule has 1 heterocycles. The van der Waals surface area contributed by atoms with Crippen molar-refractivity contribution >= 4 is 5.69 Å². The number of nitrogens with zero attached hydrogens (tertiary/aromatic N) is 4. The predicted octanol–water partition coefficient (Wildman–Crippen LogP) is 3.18. The van der Waals surface area contributed by atoms with Crippen molar-refractivity contribution in [2.75, 3.05) is 5.32 Å². The summed E-state index contributed by atoms with van der Waals surface area (Å²) in [7, 11) is 0. The van der Waals surface area contributed by atoms with Crippen molar-refractivity contribution in [1.82, 2.24) is 20.2 Å². The zero-order valence-corrected chi connectivity index (χ0v) is 12.4. The zero-order chi connectivity index (χ0) is 14.9. The molecule has 1 aromatic heterocycles. The largest absolute Gasteiger partial charge is 0.380 e. The maximum Gasteiger partial charge on any atom is 0.146 e. The lowest BCUT2D eigenvalue weighted by Gasteiger charge is -2.35. The number of nitrogens with one attached hydrogen (secondary N) is 1. The lowest BCUT2D eigenvalue weighted by atomic mass is 9.75. The second-order valence-corrected chi connectivity index (χ2v) is 6.50. The molecule has 0 bridgehead atoms. The minimum atomic E-state index is -0.239. The molecule has 2 aromatic rings. The zero-order valence-electron chi connectivity index (χ0n) is 12.4. The minimum Gasteiger partial charge on any atom is -0.380 e. The number of anilines is 1. The molecule has 0 aliphatic heterocycles. The topological polar surface area (TPSA) is 55.6 Å². The summed E-state index contributed by atoms with van der Waals surface area (Å²) in [6.07, 6.45) is 5.97. The van der Waals surface area contributed by atoms with Crippen molar-refractivity contribution in [3.8, 4) is 5.69 Å². The minimum absolute atomic E-state index is 0.239. The van der Waals surface area contributed by atoms with Crippen LogP contribution in [0.5, 0.6) is 0 Å². The van der Waals surface area contributed by atoms with Crippen LogP contribution < -0.4 is 5.32 Å². The molecule has 0 unspecified atom stereocenters. The Bertz CT molecular complexity index is 599. The Hall–Kier alpha value is -1.98. The fourth-order valence-corrected chi connectivity index (χ4v) is 2.81. The van der Waals surface area contributed by atoms with Crippen LogP contribution in [0.4, 0.5) is 10.1 Å². The van der Waals surface area contributed by atoms with Crippen LogP contribution in [0.15, 0.2) is 24.5 Å². The second kappa shape index (κ2) is 5.42. The molecule has 1 saturated carbocycles. The van der Waals surface area contributed by atoms with Crippen LogP contribution >= 0.6 is 0 Å². The van der Waals surface area contributed by atoms with E-state index in [2.05, 4.69) is 34.7 Å². The van der Waals surface area contributed by atoms with Gasteiger partial charge in [0.1, 0.15) is 12.1 Å². The van der Waals surface area contributed by atoms with Gasteiger partial charge in [-0.15, -0.1) is 5.10 Å². The molecule has 1 aliphatic carbocycles. The molecular weight excluding hydrogens is 269 g/mol. The molecule has 0 saturated heterocycles. The fourth-order valence-electron chi connectivity index (χ4n) is 2.81. The molecule has 1 aromatic carbocycles. The van der Waals surface area contributed by atoms with Crippen LogP contribution in [-0.2, 0) is 0 Å². The van der Waals surface area contributed by atoms with E-state index in [0.29, 0.717) is 17.1 Å². The second-order valence-electron chi connectivity index (χ2n) is 6.50. The Kier molecular flexibility index (Phi) is 3.61. The van der Waals surface area contributed by atoms with E-state index in [1.807, 2.05) is 0 Å². The highest BCUT2D eigenvalue weighted by atomic mass is 19.1. The molecule has 112 valence electrons. The van der Waals surface area contributed by atoms with Crippen LogP contribution in [0, 0.1) is 11.2 Å². The van der Waals surface area contributed by atoms with Crippen LogP contribution in [-0.4, -0.2) is 26.2 Å². The quantitative estimate of drug-likeness (QED) is 0.943. The number of rotatable bonds is 3. The van der Waals surface area contributed by atoms with E-state index >= 15 is 0 Å². The van der Waals surface area contributed by atoms with Gasteiger partial charge in [-0.05, 0) is 59.7 Å². The van der Waals surface area contributed by atoms with E-state index in [1.54, 1.807) is 12.1 Å². The van der Waals surface area contributed by atoms with Crippen LogP contribution in [0.25, 0.3) is 5.69 Å². The van der Waals surface area contributed by atoms with Crippen LogP contribution in [0.2, 0.25) is 0 Å². The number of benzene rings is 1. The van der Waals surface area contributed by atoms with Gasteiger partial charge in [-0.3, -0.25) is 0 Å². The highest BCUT2D eigenvalue weighted by Crippen LogP contribution is 2.36. The fraction of sp³-hybridized carbons (Fsp3) is 0.533. The predicted molar refractivity (Wildman–Crippen MR) is 78.8 cm³/mol. The number of hydrogen-bond donors (Lipinski definition) is 1. The maximum atomic E-state index is 14.0. The van der Waals surface area contributed by atoms with Gasteiger partial charge < -0.3 is 5.32 Å². The number of hydrogen-bond acceptors (Lipinski definition) is 4. The highest BCUT2D eigenvalue weighted by molar-refractivity contribution is 5.52. The van der Waals surface area contributed by atoms with Crippen molar-refractivity contribution in [2.24, 2.45) is 5.41 Å². The molecule has 1 N–H and O–H groups in total. The van der Waals surface area contributed by atoms with Gasteiger partial charge in [-0.2, -0.15) is 0 Å². The summed E-state index contributed by atoms with van der Waals surface area (Å²) < 4.78 is 15.5. The van der Waals surface area contributed by atoms with Gasteiger partial charge in [-0.25, -0.2) is 9.07 Å². The average molecular weight is 289 g/mol. The Morgan fingerprint density at radius 1 is 1.29 bits per heavy atom. The molecule has 0 radical (unpaired) electrons. The normalized spacial score (nSPS) is 18.6. The van der Waals surface area contributed by atoms with Gasteiger partial charge in [0, 0.05) is 6.04 Å². The molecule has 3 rings (SSSR count). The average Bonchev–Trinajstić information content (AvgIpc) is 2.97. The molecule has 0 spiro atoms. The summed E-state index contributed by atoms with van der Waals surface area (Å²) in [5.74, 6) is -0.239. The summed E-state index contributed by atoms with van der Waals surface area (Å²) in [4.78, 5) is 0. The third kappa shape index (κ3) is 3.20. The third-order valence-corrected chi connectivity index (χ3v) is 4.26. The Labute approximate surface area is 123 Å². The van der Waals surface area contributed by atoms with Crippen LogP contribution in [0.1, 0.15) is 39.5 Å². The smallest absolute Gasteiger partial charge is 0.146 e. The van der Waals surface area contributed by atoms with Gasteiger partial charge in [0.2, 0.25) is 0 Å². The van der Waals surface area contributed by atoms with Gasteiger partial charge in [0.15, 0.2) is 0 Å². The Morgan fingerprint density at radius 2 is 2.05 bits per heavy atom. The van der Waals surface area contributed by atoms with E-state index in [0.717, 1.165) is 18.5 Å². The Morgan fingerprint density at radius 3 is 2.71 bits per heavy atom. The molecule has 21 heavy (non-hydrogen) atoms. The number of tetrazole rings is 1. The molecule has 0 amide bonds. The highest BCUT2D eigenvalue weighted by Gasteiger charge is 2.27. The molecule has 6 heteroatoms. The summed E-state index contributed by atoms with van der Waals surface area (Å²) in [6.45, 7) is 4.59. The SMILES string of the molecule is CC1(C)CCC(Nc2cc(-n3cnnn3)ccc2F)CC1. The van der Waals surface area contributed by atoms with Gasteiger partial charge in [0.25, 0.3) is 0 Å². The standard InChI is InChI=1S/C15H20FN5/c1-15(2)7-5-11(6-8-15)18-14-9-12(3-4-13(14)16)21-10-17-19-20-21/h3-4,9-11,18H,5-8H2,1-2H3. The molecule has 5 nitrogen and oxygen atoms in total. The molecule has 0 atom stereocenters. The van der Waals surface area contributed by atoms with Gasteiger partial charge >= 0.3 is 0 Å². The van der Waals surface area contributed by atoms with Crippen LogP contribution in [0.3, 0.4) is 0 Å². The van der Waals surface area contributed by atoms with E-state index in [4.69, 9.17) is 0 Å². The van der Waals surface area contributed by atoms with E-state index < -0.39 is 0 Å². The lowest BCUT2D eigenvalue weighted by molar-refractivity contribution is 0.232. The molecule has 1 fully saturated rings. The van der Waals surface area contributed by atoms with E-state index in [1.165, 1.54) is 29.9 Å². The first-order valence-corrected chi connectivity index (χ1v) is 7.33. The summed E-state index contributed by atoms with van der Waals surface area (Å²) in [5, 5.41) is 14.4. The van der Waals surface area contributed by atoms with Crippen molar-refractivity contribution in [3.05, 3.63) is 30.3 Å². The maximum absolute atomic E-state index is 14.0. The summed E-state index contributed by atoms with van der Waals surface area (Å²) in [5.41, 5.74) is 1.68. The first-order chi connectivity index (χ1) is 10.0. The summed E-state index contributed by atoms with van der Waals surface area (Å²) >= 11 is 0. The summed E-state index contributed by atoms with van der Waals surface area (Å²) in [6, 6.07) is 5.20. The van der Waals surface area contributed by atoms with Gasteiger partial charge in [-0.1, -0.05) is 13.8 Å². The van der Waals surface area contributed by atoms with Crippen molar-refractivity contribution in [1.29, 1.82) is 0 Å². The number of halogens is 1. The lowest BCUT2D eigenvalue weighted by Crippen LogP contribution is -2.30. The van der Waals surface area contributed by atoms with E-state index in [-0.39, 0.29) is 5.82 Å². The first kappa shape index (κ1) is 14.0. The number of aromatic nitrogens is 4. The van der Waals surface area contributed by atoms with Crippen molar-refractivity contribution in [3.63, 3.8) is 0 Å². The monoisotopic (exact) mass is 289 g/mol. The van der Waals surface area contributed by atoms with Crippen molar-refractivity contribution < 1.29 is 4.39 Å². The van der Waals surface area contributed by atoms with Crippen molar-refractivity contribution in [2.45, 2.75) is 45.6 Å². The third-order valence-electron chi connectivity index (χ3n) is 4.26. The van der Waals surface area contributed by atoms with Gasteiger partial charge in [0.05, 0.1) is 11.4 Å². The van der Waals surface area contributed by atoms with E-state index in [9.17, 15) is 4.39 Å². The Balaban J connectivity index is 1.75. The molecular formula is C15H20FN5.